The van der Waals surface area contributed by atoms with Gasteiger partial charge >= 0.3 is 0 Å². The fraction of sp³-hybridized carbons (Fsp3) is 0.596. The van der Waals surface area contributed by atoms with Crippen molar-refractivity contribution in [3.63, 3.8) is 0 Å². The first-order valence-electron chi connectivity index (χ1n) is 19.9. The number of hydrogen-bond acceptors (Lipinski definition) is 5. The van der Waals surface area contributed by atoms with Crippen molar-refractivity contribution < 1.29 is 28.5 Å². The average Bonchev–Trinajstić information content (AvgIpc) is 3.05. The van der Waals surface area contributed by atoms with Gasteiger partial charge in [-0.2, -0.15) is 0 Å². The smallest absolute Gasteiger partial charge is 0.168 e. The Morgan fingerprint density at radius 2 is 1.00 bits per heavy atom. The van der Waals surface area contributed by atoms with Crippen LogP contribution in [-0.4, -0.2) is 35.7 Å². The summed E-state index contributed by atoms with van der Waals surface area (Å²) in [6.45, 7) is 33.2. The van der Waals surface area contributed by atoms with Gasteiger partial charge in [0.25, 0.3) is 0 Å². The topological polar surface area (TPSA) is 71.3 Å². The number of nitrogens with zero attached hydrogens (tertiary/aromatic N) is 1. The van der Waals surface area contributed by atoms with E-state index < -0.39 is 29.0 Å². The Bertz CT molecular complexity index is 1610. The number of phenols is 1. The number of ether oxygens (including phenoxy) is 2. The van der Waals surface area contributed by atoms with Crippen LogP contribution < -0.4 is 9.47 Å². The monoisotopic (exact) mass is 750 g/mol. The molecule has 54 heavy (non-hydrogen) atoms. The number of hydrogen-bond donors (Lipinski definition) is 2. The Labute approximate surface area is 325 Å². The molecule has 0 radical (unpaired) electrons. The predicted octanol–water partition coefficient (Wildman–Crippen LogP) is 12.4. The fourth-order valence-corrected chi connectivity index (χ4v) is 6.79. The molecule has 0 heterocycles. The number of halogens is 2. The molecule has 3 aromatic carbocycles. The van der Waals surface area contributed by atoms with E-state index in [-0.39, 0.29) is 27.2 Å². The lowest BCUT2D eigenvalue weighted by molar-refractivity contribution is 0.0507. The molecule has 5 nitrogen and oxygen atoms in total. The van der Waals surface area contributed by atoms with E-state index in [4.69, 9.17) is 14.5 Å². The van der Waals surface area contributed by atoms with Gasteiger partial charge < -0.3 is 19.7 Å². The number of rotatable bonds is 14. The second-order valence-electron chi connectivity index (χ2n) is 19.0. The highest BCUT2D eigenvalue weighted by atomic mass is 19.1. The molecule has 1 unspecified atom stereocenters. The van der Waals surface area contributed by atoms with Crippen LogP contribution in [0.15, 0.2) is 41.4 Å². The lowest BCUT2D eigenvalue weighted by Gasteiger charge is -2.40. The van der Waals surface area contributed by atoms with Gasteiger partial charge in [-0.25, -0.2) is 8.78 Å². The van der Waals surface area contributed by atoms with Crippen LogP contribution in [0.25, 0.3) is 0 Å². The first kappa shape index (κ1) is 44.9. The first-order valence-corrected chi connectivity index (χ1v) is 19.9. The van der Waals surface area contributed by atoms with Crippen molar-refractivity contribution in [2.24, 2.45) is 4.99 Å². The maximum atomic E-state index is 14.5. The van der Waals surface area contributed by atoms with Crippen molar-refractivity contribution >= 4 is 6.21 Å². The van der Waals surface area contributed by atoms with Gasteiger partial charge in [-0.05, 0) is 82.4 Å². The van der Waals surface area contributed by atoms with Gasteiger partial charge in [-0.1, -0.05) is 117 Å². The van der Waals surface area contributed by atoms with Gasteiger partial charge in [0, 0.05) is 40.1 Å². The van der Waals surface area contributed by atoms with Gasteiger partial charge in [0.15, 0.2) is 11.6 Å². The molecular weight excluding hydrogens is 681 g/mol. The summed E-state index contributed by atoms with van der Waals surface area (Å²) < 4.78 is 42.2. The summed E-state index contributed by atoms with van der Waals surface area (Å²) in [6, 6.07) is 9.09. The summed E-state index contributed by atoms with van der Waals surface area (Å²) in [5.74, 6) is -0.947. The summed E-state index contributed by atoms with van der Waals surface area (Å²) >= 11 is 0. The summed E-state index contributed by atoms with van der Waals surface area (Å²) in [7, 11) is 0. The van der Waals surface area contributed by atoms with Gasteiger partial charge in [-0.3, -0.25) is 4.99 Å². The number of unbranched alkanes of at least 4 members (excludes halogenated alkanes) is 2. The van der Waals surface area contributed by atoms with Crippen molar-refractivity contribution in [3.05, 3.63) is 87.0 Å². The standard InChI is InChI=1S/C47H69F2NO4/c1-16-19-21-53-41-34(43(4,5)6)24-31(25-35(41)44(7,8)9)47(52,39(18-3)50-29-30-23-33(48)28-38(49)40(30)51)32-26-36(45(10,11)12)42(54-22-20-17-2)37(27-32)46(13,14)15/h23-29,39,51-52H,16-22H2,1-15H3. The SMILES string of the molecule is CCCCOc1c(C(C)(C)C)cc(C(O)(c2cc(C(C)(C)C)c(OCCCC)c(C(C)(C)C)c2)C(CC)N=Cc2cc(F)cc(F)c2O)cc1C(C)(C)C. The van der Waals surface area contributed by atoms with E-state index in [0.717, 1.165) is 65.5 Å². The van der Waals surface area contributed by atoms with Crippen molar-refractivity contribution in [1.29, 1.82) is 0 Å². The highest BCUT2D eigenvalue weighted by Crippen LogP contribution is 2.49. The zero-order valence-corrected chi connectivity index (χ0v) is 36.0. The zero-order chi connectivity index (χ0) is 41.0. The van der Waals surface area contributed by atoms with E-state index >= 15 is 0 Å². The molecule has 0 aromatic heterocycles. The quantitative estimate of drug-likeness (QED) is 0.127. The summed E-state index contributed by atoms with van der Waals surface area (Å²) in [5, 5.41) is 24.4. The minimum absolute atomic E-state index is 0.107. The average molecular weight is 750 g/mol. The van der Waals surface area contributed by atoms with Crippen LogP contribution in [0.1, 0.15) is 175 Å². The van der Waals surface area contributed by atoms with E-state index in [1.165, 1.54) is 6.21 Å². The number of aromatic hydroxyl groups is 1. The maximum absolute atomic E-state index is 14.5. The third-order valence-corrected chi connectivity index (χ3v) is 10.1. The minimum atomic E-state index is -1.75. The molecule has 0 amide bonds. The Morgan fingerprint density at radius 3 is 1.31 bits per heavy atom. The molecule has 0 bridgehead atoms. The number of benzene rings is 3. The third kappa shape index (κ3) is 10.2. The Balaban J connectivity index is 2.62. The van der Waals surface area contributed by atoms with E-state index in [0.29, 0.717) is 36.8 Å². The van der Waals surface area contributed by atoms with Gasteiger partial charge in [0.1, 0.15) is 22.9 Å². The molecule has 0 aliphatic carbocycles. The molecule has 7 heteroatoms. The first-order chi connectivity index (χ1) is 24.8. The summed E-state index contributed by atoms with van der Waals surface area (Å²) in [6.07, 6.45) is 5.46. The van der Waals surface area contributed by atoms with E-state index in [1.54, 1.807) is 0 Å². The van der Waals surface area contributed by atoms with Gasteiger partial charge in [-0.15, -0.1) is 0 Å². The molecule has 3 rings (SSSR count). The molecule has 0 fully saturated rings. The van der Waals surface area contributed by atoms with E-state index in [2.05, 4.69) is 121 Å². The molecular formula is C47H69F2NO4. The molecule has 0 spiro atoms. The molecule has 1 atom stereocenters. The van der Waals surface area contributed by atoms with E-state index in [9.17, 15) is 19.0 Å². The Kier molecular flexibility index (Phi) is 14.3. The second-order valence-corrected chi connectivity index (χ2v) is 19.0. The van der Waals surface area contributed by atoms with Crippen LogP contribution in [0.2, 0.25) is 0 Å². The van der Waals surface area contributed by atoms with Crippen molar-refractivity contribution in [1.82, 2.24) is 0 Å². The summed E-state index contributed by atoms with van der Waals surface area (Å²) in [4.78, 5) is 4.88. The van der Waals surface area contributed by atoms with E-state index in [1.807, 2.05) is 6.92 Å². The predicted molar refractivity (Wildman–Crippen MR) is 221 cm³/mol. The van der Waals surface area contributed by atoms with Crippen LogP contribution >= 0.6 is 0 Å². The van der Waals surface area contributed by atoms with Crippen molar-refractivity contribution in [2.45, 2.75) is 169 Å². The number of phenolic OH excluding ortho intramolecular Hbond substituents is 1. The third-order valence-electron chi connectivity index (χ3n) is 10.1. The van der Waals surface area contributed by atoms with Crippen LogP contribution in [-0.2, 0) is 27.3 Å². The largest absolute Gasteiger partial charge is 0.504 e. The molecule has 0 saturated heterocycles. The molecule has 0 aliphatic rings. The lowest BCUT2D eigenvalue weighted by Crippen LogP contribution is -2.41. The minimum Gasteiger partial charge on any atom is -0.504 e. The highest BCUT2D eigenvalue weighted by Gasteiger charge is 2.44. The van der Waals surface area contributed by atoms with Crippen LogP contribution in [0.5, 0.6) is 17.2 Å². The highest BCUT2D eigenvalue weighted by molar-refractivity contribution is 5.83. The zero-order valence-electron chi connectivity index (χ0n) is 36.0. The molecule has 0 aliphatic heterocycles. The lowest BCUT2D eigenvalue weighted by atomic mass is 9.70. The molecule has 2 N–H and O–H groups in total. The van der Waals surface area contributed by atoms with Crippen LogP contribution in [0.4, 0.5) is 8.78 Å². The number of aliphatic hydroxyl groups is 1. The Hall–Kier alpha value is -3.45. The summed E-state index contributed by atoms with van der Waals surface area (Å²) in [5.41, 5.74) is 1.83. The van der Waals surface area contributed by atoms with Crippen LogP contribution in [0.3, 0.4) is 0 Å². The second kappa shape index (κ2) is 17.1. The molecule has 0 saturated carbocycles. The van der Waals surface area contributed by atoms with Gasteiger partial charge in [0.2, 0.25) is 0 Å². The maximum Gasteiger partial charge on any atom is 0.168 e. The Morgan fingerprint density at radius 1 is 0.630 bits per heavy atom. The van der Waals surface area contributed by atoms with Crippen LogP contribution in [0, 0.1) is 11.6 Å². The van der Waals surface area contributed by atoms with Crippen molar-refractivity contribution in [2.75, 3.05) is 13.2 Å². The molecule has 3 aromatic rings. The normalized spacial score (nSPS) is 13.8. The van der Waals surface area contributed by atoms with Gasteiger partial charge in [0.05, 0.1) is 19.3 Å². The fourth-order valence-electron chi connectivity index (χ4n) is 6.79. The molecule has 300 valence electrons. The van der Waals surface area contributed by atoms with Crippen molar-refractivity contribution in [3.8, 4) is 17.2 Å². The number of aliphatic imine (C=N–C) groups is 1.